The predicted octanol–water partition coefficient (Wildman–Crippen LogP) is 4.20. The van der Waals surface area contributed by atoms with Crippen LogP contribution in [0.4, 0.5) is 5.69 Å². The first-order valence-electron chi connectivity index (χ1n) is 6.98. The third-order valence-corrected chi connectivity index (χ3v) is 3.37. The maximum absolute atomic E-state index is 11.9. The highest BCUT2D eigenvalue weighted by Crippen LogP contribution is 2.19. The number of carbonyl (C=O) groups excluding carboxylic acids is 1. The smallest absolute Gasteiger partial charge is 0.248 e. The molecular formula is C19H15NO2. The quantitative estimate of drug-likeness (QED) is 0.561. The zero-order valence-electron chi connectivity index (χ0n) is 11.9. The van der Waals surface area contributed by atoms with E-state index < -0.39 is 0 Å². The molecule has 3 aromatic carbocycles. The second kappa shape index (κ2) is 6.14. The number of hydrogen-bond donors (Lipinski definition) is 2. The van der Waals surface area contributed by atoms with Crippen LogP contribution in [0.2, 0.25) is 0 Å². The van der Waals surface area contributed by atoms with E-state index in [1.807, 2.05) is 42.5 Å². The highest BCUT2D eigenvalue weighted by Gasteiger charge is 2.00. The molecule has 0 unspecified atom stereocenters. The van der Waals surface area contributed by atoms with Crippen molar-refractivity contribution in [3.8, 4) is 5.75 Å². The van der Waals surface area contributed by atoms with Gasteiger partial charge in [0.2, 0.25) is 5.91 Å². The fourth-order valence-electron chi connectivity index (χ4n) is 2.29. The zero-order valence-corrected chi connectivity index (χ0v) is 11.9. The van der Waals surface area contributed by atoms with E-state index in [2.05, 4.69) is 5.32 Å². The number of fused-ring (bicyclic) bond motifs is 1. The van der Waals surface area contributed by atoms with Crippen molar-refractivity contribution in [3.63, 3.8) is 0 Å². The molecule has 3 rings (SSSR count). The first-order valence-corrected chi connectivity index (χ1v) is 6.98. The van der Waals surface area contributed by atoms with Gasteiger partial charge in [-0.25, -0.2) is 0 Å². The lowest BCUT2D eigenvalue weighted by Crippen LogP contribution is -2.07. The van der Waals surface area contributed by atoms with Gasteiger partial charge in [-0.15, -0.1) is 0 Å². The highest BCUT2D eigenvalue weighted by atomic mass is 16.3. The number of carbonyl (C=O) groups is 1. The largest absolute Gasteiger partial charge is 0.508 e. The topological polar surface area (TPSA) is 49.3 Å². The van der Waals surface area contributed by atoms with Crippen LogP contribution in [0, 0.1) is 0 Å². The van der Waals surface area contributed by atoms with E-state index in [-0.39, 0.29) is 11.7 Å². The minimum Gasteiger partial charge on any atom is -0.508 e. The van der Waals surface area contributed by atoms with Gasteiger partial charge in [0.05, 0.1) is 0 Å². The fourth-order valence-corrected chi connectivity index (χ4v) is 2.29. The van der Waals surface area contributed by atoms with Crippen molar-refractivity contribution >= 4 is 28.4 Å². The number of nitrogens with one attached hydrogen (secondary N) is 1. The second-order valence-electron chi connectivity index (χ2n) is 4.94. The van der Waals surface area contributed by atoms with Crippen molar-refractivity contribution in [1.82, 2.24) is 0 Å². The van der Waals surface area contributed by atoms with Crippen molar-refractivity contribution in [2.24, 2.45) is 0 Å². The van der Waals surface area contributed by atoms with Gasteiger partial charge in [-0.05, 0) is 46.7 Å². The Balaban J connectivity index is 1.78. The lowest BCUT2D eigenvalue weighted by molar-refractivity contribution is -0.111. The van der Waals surface area contributed by atoms with Gasteiger partial charge in [0.1, 0.15) is 5.75 Å². The normalized spacial score (nSPS) is 10.9. The molecule has 0 fully saturated rings. The Morgan fingerprint density at radius 2 is 1.64 bits per heavy atom. The summed E-state index contributed by atoms with van der Waals surface area (Å²) in [6.07, 6.45) is 3.31. The third-order valence-electron chi connectivity index (χ3n) is 3.37. The number of rotatable bonds is 3. The second-order valence-corrected chi connectivity index (χ2v) is 4.94. The molecule has 0 aliphatic carbocycles. The van der Waals surface area contributed by atoms with E-state index in [9.17, 15) is 9.90 Å². The van der Waals surface area contributed by atoms with Crippen LogP contribution in [0.5, 0.6) is 5.75 Å². The summed E-state index contributed by atoms with van der Waals surface area (Å²) in [5.74, 6) is -0.0390. The number of phenolic OH excluding ortho intramolecular Hbond substituents is 1. The van der Waals surface area contributed by atoms with Crippen LogP contribution in [0.15, 0.2) is 72.8 Å². The Labute approximate surface area is 128 Å². The molecule has 22 heavy (non-hydrogen) atoms. The van der Waals surface area contributed by atoms with Crippen LogP contribution in [0.25, 0.3) is 16.8 Å². The van der Waals surface area contributed by atoms with Gasteiger partial charge in [0.25, 0.3) is 0 Å². The lowest BCUT2D eigenvalue weighted by atomic mass is 10.0. The summed E-state index contributed by atoms with van der Waals surface area (Å²) in [6, 6.07) is 20.4. The molecule has 108 valence electrons. The van der Waals surface area contributed by atoms with Gasteiger partial charge in [0, 0.05) is 11.8 Å². The van der Waals surface area contributed by atoms with Gasteiger partial charge in [-0.2, -0.15) is 0 Å². The first-order chi connectivity index (χ1) is 10.7. The lowest BCUT2D eigenvalue weighted by Gasteiger charge is -2.03. The molecule has 3 nitrogen and oxygen atoms in total. The molecule has 0 atom stereocenters. The summed E-state index contributed by atoms with van der Waals surface area (Å²) in [5, 5.41) is 14.2. The van der Waals surface area contributed by atoms with E-state index in [1.54, 1.807) is 18.2 Å². The van der Waals surface area contributed by atoms with Crippen LogP contribution >= 0.6 is 0 Å². The van der Waals surface area contributed by atoms with Crippen LogP contribution in [-0.4, -0.2) is 11.0 Å². The number of benzene rings is 3. The van der Waals surface area contributed by atoms with Crippen LogP contribution < -0.4 is 5.32 Å². The molecule has 1 amide bonds. The molecule has 0 aliphatic heterocycles. The van der Waals surface area contributed by atoms with Crippen molar-refractivity contribution in [3.05, 3.63) is 78.4 Å². The van der Waals surface area contributed by atoms with Gasteiger partial charge in [0.15, 0.2) is 0 Å². The average Bonchev–Trinajstić information content (AvgIpc) is 2.55. The fraction of sp³-hybridized carbons (Fsp3) is 0. The number of aromatic hydroxyl groups is 1. The molecule has 0 aliphatic rings. The van der Waals surface area contributed by atoms with Crippen LogP contribution in [0.3, 0.4) is 0 Å². The molecule has 3 heteroatoms. The monoisotopic (exact) mass is 289 g/mol. The number of phenols is 1. The number of amides is 1. The van der Waals surface area contributed by atoms with Crippen molar-refractivity contribution in [1.29, 1.82) is 0 Å². The molecular weight excluding hydrogens is 274 g/mol. The SMILES string of the molecule is O=C(/C=C/c1cccc2ccccc12)Nc1ccc(O)cc1. The minimum atomic E-state index is -0.210. The molecule has 0 saturated heterocycles. The standard InChI is InChI=1S/C19H15NO2/c21-17-11-9-16(10-12-17)20-19(22)13-8-15-6-3-5-14-4-1-2-7-18(14)15/h1-13,21H,(H,20,22)/b13-8+. The summed E-state index contributed by atoms with van der Waals surface area (Å²) in [4.78, 5) is 11.9. The maximum atomic E-state index is 11.9. The molecule has 2 N–H and O–H groups in total. The summed E-state index contributed by atoms with van der Waals surface area (Å²) in [7, 11) is 0. The Bertz CT molecular complexity index is 830. The summed E-state index contributed by atoms with van der Waals surface area (Å²) < 4.78 is 0. The molecule has 0 spiro atoms. The maximum Gasteiger partial charge on any atom is 0.248 e. The van der Waals surface area contributed by atoms with Crippen molar-refractivity contribution in [2.45, 2.75) is 0 Å². The number of anilines is 1. The van der Waals surface area contributed by atoms with Crippen molar-refractivity contribution in [2.75, 3.05) is 5.32 Å². The Kier molecular flexibility index (Phi) is 3.88. The van der Waals surface area contributed by atoms with Gasteiger partial charge >= 0.3 is 0 Å². The number of hydrogen-bond acceptors (Lipinski definition) is 2. The molecule has 0 aromatic heterocycles. The van der Waals surface area contributed by atoms with E-state index in [0.717, 1.165) is 16.3 Å². The zero-order chi connectivity index (χ0) is 15.4. The Morgan fingerprint density at radius 3 is 2.45 bits per heavy atom. The Morgan fingerprint density at radius 1 is 0.909 bits per heavy atom. The molecule has 0 bridgehead atoms. The van der Waals surface area contributed by atoms with Crippen LogP contribution in [0.1, 0.15) is 5.56 Å². The summed E-state index contributed by atoms with van der Waals surface area (Å²) in [5.41, 5.74) is 1.64. The third kappa shape index (κ3) is 3.15. The summed E-state index contributed by atoms with van der Waals surface area (Å²) >= 11 is 0. The minimum absolute atomic E-state index is 0.171. The first kappa shape index (κ1) is 13.9. The highest BCUT2D eigenvalue weighted by molar-refractivity contribution is 6.03. The van der Waals surface area contributed by atoms with E-state index >= 15 is 0 Å². The van der Waals surface area contributed by atoms with Gasteiger partial charge < -0.3 is 10.4 Å². The molecule has 0 heterocycles. The van der Waals surface area contributed by atoms with Gasteiger partial charge in [-0.1, -0.05) is 42.5 Å². The molecule has 3 aromatic rings. The Hall–Kier alpha value is -3.07. The molecule has 0 saturated carbocycles. The van der Waals surface area contributed by atoms with Crippen LogP contribution in [-0.2, 0) is 4.79 Å². The molecule has 0 radical (unpaired) electrons. The average molecular weight is 289 g/mol. The van der Waals surface area contributed by atoms with Gasteiger partial charge in [-0.3, -0.25) is 4.79 Å². The van der Waals surface area contributed by atoms with Crippen molar-refractivity contribution < 1.29 is 9.90 Å². The summed E-state index contributed by atoms with van der Waals surface area (Å²) in [6.45, 7) is 0. The van der Waals surface area contributed by atoms with E-state index in [1.165, 1.54) is 18.2 Å². The predicted molar refractivity (Wildman–Crippen MR) is 89.7 cm³/mol. The van der Waals surface area contributed by atoms with E-state index in [0.29, 0.717) is 5.69 Å². The van der Waals surface area contributed by atoms with E-state index in [4.69, 9.17) is 0 Å².